The molecule has 0 aromatic heterocycles. The van der Waals surface area contributed by atoms with Crippen molar-refractivity contribution < 1.29 is 23.4 Å². The first-order chi connectivity index (χ1) is 13.5. The van der Waals surface area contributed by atoms with Crippen LogP contribution in [0.15, 0.2) is 42.5 Å². The molecule has 3 rings (SSSR count). The number of ether oxygens (including phenoxy) is 3. The Morgan fingerprint density at radius 2 is 1.93 bits per heavy atom. The first-order valence-electron chi connectivity index (χ1n) is 9.63. The van der Waals surface area contributed by atoms with Gasteiger partial charge in [0.2, 0.25) is 0 Å². The summed E-state index contributed by atoms with van der Waals surface area (Å²) in [6.45, 7) is 2.46. The van der Waals surface area contributed by atoms with Crippen molar-refractivity contribution in [2.24, 2.45) is 11.8 Å². The standard InChI is InChI=1S/C23H27FO4/c1-15(23(25)27-3)9-16-5-4-6-20(12-16)28-14-17-10-18(11-17)21-13-19(26-2)7-8-22(21)24/h4-8,12-13,15,17-18H,9-11,14H2,1-3H3/t15-,17?,18?/m0/s1. The third-order valence-electron chi connectivity index (χ3n) is 5.41. The summed E-state index contributed by atoms with van der Waals surface area (Å²) in [6, 6.07) is 12.7. The van der Waals surface area contributed by atoms with E-state index in [4.69, 9.17) is 14.2 Å². The third kappa shape index (κ3) is 4.83. The number of benzene rings is 2. The average molecular weight is 386 g/mol. The van der Waals surface area contributed by atoms with Crippen molar-refractivity contribution >= 4 is 5.97 Å². The maximum Gasteiger partial charge on any atom is 0.308 e. The summed E-state index contributed by atoms with van der Waals surface area (Å²) < 4.78 is 30.0. The van der Waals surface area contributed by atoms with Gasteiger partial charge in [0.05, 0.1) is 26.7 Å². The minimum absolute atomic E-state index is 0.169. The fraction of sp³-hybridized carbons (Fsp3) is 0.435. The van der Waals surface area contributed by atoms with Gasteiger partial charge in [0.25, 0.3) is 0 Å². The number of carbonyl (C=O) groups is 1. The van der Waals surface area contributed by atoms with Crippen molar-refractivity contribution in [2.45, 2.75) is 32.1 Å². The van der Waals surface area contributed by atoms with Gasteiger partial charge in [-0.2, -0.15) is 0 Å². The van der Waals surface area contributed by atoms with Crippen molar-refractivity contribution in [1.29, 1.82) is 0 Å². The third-order valence-corrected chi connectivity index (χ3v) is 5.41. The Labute approximate surface area is 165 Å². The average Bonchev–Trinajstić information content (AvgIpc) is 2.67. The van der Waals surface area contributed by atoms with Gasteiger partial charge in [-0.05, 0) is 72.6 Å². The van der Waals surface area contributed by atoms with Gasteiger partial charge in [-0.3, -0.25) is 4.79 Å². The van der Waals surface area contributed by atoms with Gasteiger partial charge in [-0.1, -0.05) is 19.1 Å². The van der Waals surface area contributed by atoms with E-state index in [1.165, 1.54) is 13.2 Å². The number of methoxy groups -OCH3 is 2. The van der Waals surface area contributed by atoms with E-state index >= 15 is 0 Å². The molecule has 1 atom stereocenters. The number of halogens is 1. The van der Waals surface area contributed by atoms with Gasteiger partial charge in [0.15, 0.2) is 0 Å². The van der Waals surface area contributed by atoms with Crippen LogP contribution in [0.4, 0.5) is 4.39 Å². The molecule has 0 spiro atoms. The van der Waals surface area contributed by atoms with Gasteiger partial charge in [-0.25, -0.2) is 4.39 Å². The van der Waals surface area contributed by atoms with E-state index in [-0.39, 0.29) is 23.6 Å². The highest BCUT2D eigenvalue weighted by Crippen LogP contribution is 2.43. The van der Waals surface area contributed by atoms with Gasteiger partial charge in [0, 0.05) is 0 Å². The van der Waals surface area contributed by atoms with Crippen LogP contribution in [0.25, 0.3) is 0 Å². The number of hydrogen-bond acceptors (Lipinski definition) is 4. The van der Waals surface area contributed by atoms with Crippen LogP contribution in [0.1, 0.15) is 36.8 Å². The molecule has 0 bridgehead atoms. The van der Waals surface area contributed by atoms with Crippen molar-refractivity contribution in [1.82, 2.24) is 0 Å². The molecule has 0 N–H and O–H groups in total. The van der Waals surface area contributed by atoms with Crippen LogP contribution in [0.5, 0.6) is 11.5 Å². The summed E-state index contributed by atoms with van der Waals surface area (Å²) in [5.41, 5.74) is 1.77. The number of rotatable bonds is 8. The smallest absolute Gasteiger partial charge is 0.308 e. The number of esters is 1. The van der Waals surface area contributed by atoms with Crippen LogP contribution in [-0.4, -0.2) is 26.8 Å². The largest absolute Gasteiger partial charge is 0.497 e. The second-order valence-electron chi connectivity index (χ2n) is 7.51. The molecule has 0 amide bonds. The highest BCUT2D eigenvalue weighted by molar-refractivity contribution is 5.72. The van der Waals surface area contributed by atoms with Gasteiger partial charge in [0.1, 0.15) is 17.3 Å². The lowest BCUT2D eigenvalue weighted by atomic mass is 9.71. The Kier molecular flexibility index (Phi) is 6.55. The molecule has 0 aliphatic heterocycles. The molecule has 0 saturated heterocycles. The fourth-order valence-electron chi connectivity index (χ4n) is 3.70. The first-order valence-corrected chi connectivity index (χ1v) is 9.63. The summed E-state index contributed by atoms with van der Waals surface area (Å²) in [5.74, 6) is 1.54. The number of hydrogen-bond donors (Lipinski definition) is 0. The zero-order valence-corrected chi connectivity index (χ0v) is 16.6. The first kappa shape index (κ1) is 20.2. The molecule has 1 fully saturated rings. The molecule has 1 aliphatic rings. The highest BCUT2D eigenvalue weighted by Gasteiger charge is 2.32. The van der Waals surface area contributed by atoms with Crippen molar-refractivity contribution in [3.8, 4) is 11.5 Å². The van der Waals surface area contributed by atoms with Gasteiger partial charge in [-0.15, -0.1) is 0 Å². The van der Waals surface area contributed by atoms with E-state index in [2.05, 4.69) is 0 Å². The fourth-order valence-corrected chi connectivity index (χ4v) is 3.70. The van der Waals surface area contributed by atoms with E-state index in [1.807, 2.05) is 31.2 Å². The summed E-state index contributed by atoms with van der Waals surface area (Å²) in [6.07, 6.45) is 2.43. The van der Waals surface area contributed by atoms with Crippen LogP contribution in [-0.2, 0) is 16.0 Å². The maximum absolute atomic E-state index is 14.1. The predicted molar refractivity (Wildman–Crippen MR) is 105 cm³/mol. The lowest BCUT2D eigenvalue weighted by molar-refractivity contribution is -0.144. The minimum atomic E-state index is -0.211. The van der Waals surface area contributed by atoms with E-state index in [0.717, 1.165) is 29.7 Å². The Hall–Kier alpha value is -2.56. The Morgan fingerprint density at radius 3 is 2.64 bits per heavy atom. The maximum atomic E-state index is 14.1. The Bertz CT molecular complexity index is 814. The summed E-state index contributed by atoms with van der Waals surface area (Å²) >= 11 is 0. The van der Waals surface area contributed by atoms with E-state index < -0.39 is 0 Å². The zero-order valence-electron chi connectivity index (χ0n) is 16.6. The lowest BCUT2D eigenvalue weighted by Gasteiger charge is -2.35. The second kappa shape index (κ2) is 9.09. The molecule has 28 heavy (non-hydrogen) atoms. The minimum Gasteiger partial charge on any atom is -0.497 e. The van der Waals surface area contributed by atoms with Crippen LogP contribution in [0.2, 0.25) is 0 Å². The molecule has 2 aromatic rings. The van der Waals surface area contributed by atoms with Crippen molar-refractivity contribution in [2.75, 3.05) is 20.8 Å². The molecular weight excluding hydrogens is 359 g/mol. The van der Waals surface area contributed by atoms with E-state index in [1.54, 1.807) is 19.2 Å². The molecule has 1 saturated carbocycles. The SMILES string of the molecule is COC(=O)[C@@H](C)Cc1cccc(OCC2CC(c3cc(OC)ccc3F)C2)c1. The highest BCUT2D eigenvalue weighted by atomic mass is 19.1. The number of carbonyl (C=O) groups excluding carboxylic acids is 1. The monoisotopic (exact) mass is 386 g/mol. The lowest BCUT2D eigenvalue weighted by Crippen LogP contribution is -2.27. The van der Waals surface area contributed by atoms with E-state index in [0.29, 0.717) is 24.7 Å². The molecular formula is C23H27FO4. The second-order valence-corrected chi connectivity index (χ2v) is 7.51. The van der Waals surface area contributed by atoms with Crippen LogP contribution in [0, 0.1) is 17.7 Å². The molecule has 0 unspecified atom stereocenters. The van der Waals surface area contributed by atoms with Crippen LogP contribution >= 0.6 is 0 Å². The molecule has 5 heteroatoms. The molecule has 1 aliphatic carbocycles. The summed E-state index contributed by atoms with van der Waals surface area (Å²) in [7, 11) is 3.00. The quantitative estimate of drug-likeness (QED) is 0.614. The van der Waals surface area contributed by atoms with Gasteiger partial charge >= 0.3 is 5.97 Å². The normalized spacial score (nSPS) is 19.4. The van der Waals surface area contributed by atoms with Gasteiger partial charge < -0.3 is 14.2 Å². The zero-order chi connectivity index (χ0) is 20.1. The molecule has 2 aromatic carbocycles. The molecule has 0 radical (unpaired) electrons. The molecule has 0 heterocycles. The van der Waals surface area contributed by atoms with Crippen LogP contribution < -0.4 is 9.47 Å². The molecule has 150 valence electrons. The summed E-state index contributed by atoms with van der Waals surface area (Å²) in [5, 5.41) is 0. The molecule has 4 nitrogen and oxygen atoms in total. The van der Waals surface area contributed by atoms with Crippen molar-refractivity contribution in [3.63, 3.8) is 0 Å². The van der Waals surface area contributed by atoms with Crippen molar-refractivity contribution in [3.05, 3.63) is 59.4 Å². The van der Waals surface area contributed by atoms with Crippen LogP contribution in [0.3, 0.4) is 0 Å². The Balaban J connectivity index is 1.50. The summed E-state index contributed by atoms with van der Waals surface area (Å²) in [4.78, 5) is 11.6. The Morgan fingerprint density at radius 1 is 1.14 bits per heavy atom. The topological polar surface area (TPSA) is 44.8 Å². The predicted octanol–water partition coefficient (Wildman–Crippen LogP) is 4.76. The van der Waals surface area contributed by atoms with E-state index in [9.17, 15) is 9.18 Å².